The highest BCUT2D eigenvalue weighted by Crippen LogP contribution is 2.20. The molecule has 1 aromatic carbocycles. The van der Waals surface area contributed by atoms with E-state index in [4.69, 9.17) is 4.74 Å². The van der Waals surface area contributed by atoms with Gasteiger partial charge in [-0.15, -0.1) is 0 Å². The number of hydrogen-bond donors (Lipinski definition) is 0. The molecule has 32 heavy (non-hydrogen) atoms. The highest BCUT2D eigenvalue weighted by Gasteiger charge is 2.26. The van der Waals surface area contributed by atoms with E-state index in [0.29, 0.717) is 30.8 Å². The summed E-state index contributed by atoms with van der Waals surface area (Å²) in [6, 6.07) is 5.37. The van der Waals surface area contributed by atoms with Crippen molar-refractivity contribution < 1.29 is 22.3 Å². The third kappa shape index (κ3) is 7.41. The van der Waals surface area contributed by atoms with E-state index in [1.165, 1.54) is 30.5 Å². The Morgan fingerprint density at radius 1 is 1.16 bits per heavy atom. The minimum Gasteiger partial charge on any atom is -0.383 e. The molecule has 0 aliphatic heterocycles. The lowest BCUT2D eigenvalue weighted by Crippen LogP contribution is -2.35. The summed E-state index contributed by atoms with van der Waals surface area (Å²) in [5, 5.41) is -0.0744. The molecule has 2 rings (SSSR count). The molecule has 0 unspecified atom stereocenters. The Labute approximate surface area is 190 Å². The van der Waals surface area contributed by atoms with Crippen LogP contribution in [0.5, 0.6) is 0 Å². The lowest BCUT2D eigenvalue weighted by atomic mass is 10.1. The molecular weight excluding hydrogens is 433 g/mol. The summed E-state index contributed by atoms with van der Waals surface area (Å²) in [6.07, 6.45) is 1.94. The third-order valence-corrected chi connectivity index (χ3v) is 6.44. The lowest BCUT2D eigenvalue weighted by Gasteiger charge is -2.26. The summed E-state index contributed by atoms with van der Waals surface area (Å²) >= 11 is 0. The monoisotopic (exact) mass is 467 g/mol. The molecule has 0 atom stereocenters. The smallest absolute Gasteiger partial charge is 0.228 e. The van der Waals surface area contributed by atoms with Crippen LogP contribution >= 0.6 is 0 Å². The molecule has 1 aromatic heterocycles. The van der Waals surface area contributed by atoms with Crippen molar-refractivity contribution in [3.8, 4) is 0 Å². The molecule has 2 aromatic rings. The number of nitrogens with zero attached hydrogens (tertiary/aromatic N) is 3. The summed E-state index contributed by atoms with van der Waals surface area (Å²) in [7, 11) is -2.25. The molecule has 1 amide bonds. The molecule has 0 N–H and O–H groups in total. The summed E-state index contributed by atoms with van der Waals surface area (Å²) in [6.45, 7) is 9.49. The van der Waals surface area contributed by atoms with Crippen molar-refractivity contribution in [2.75, 3.05) is 20.3 Å². The Kier molecular flexibility index (Phi) is 9.39. The van der Waals surface area contributed by atoms with E-state index in [1.807, 2.05) is 27.7 Å². The molecule has 9 heteroatoms. The summed E-state index contributed by atoms with van der Waals surface area (Å²) in [5.41, 5.74) is 1.11. The SMILES string of the molecule is COCCn1c(CN(CC(C)C)C(=O)CC(C)C)cnc1S(=O)(=O)Cc1ccc(F)cc1. The number of halogens is 1. The second-order valence-corrected chi connectivity index (χ2v) is 10.7. The van der Waals surface area contributed by atoms with Crippen molar-refractivity contribution in [1.29, 1.82) is 0 Å². The van der Waals surface area contributed by atoms with Gasteiger partial charge in [0.05, 0.1) is 30.8 Å². The number of carbonyl (C=O) groups is 1. The van der Waals surface area contributed by atoms with Crippen LogP contribution in [0.1, 0.15) is 45.4 Å². The Morgan fingerprint density at radius 2 is 1.81 bits per heavy atom. The minimum atomic E-state index is -3.79. The molecule has 0 bridgehead atoms. The van der Waals surface area contributed by atoms with Crippen LogP contribution in [0.4, 0.5) is 4.39 Å². The Bertz CT molecular complexity index is 985. The van der Waals surface area contributed by atoms with Crippen molar-refractivity contribution in [2.24, 2.45) is 11.8 Å². The first kappa shape index (κ1) is 26.0. The van der Waals surface area contributed by atoms with Gasteiger partial charge in [-0.05, 0) is 29.5 Å². The molecule has 0 spiro atoms. The molecule has 1 heterocycles. The van der Waals surface area contributed by atoms with E-state index in [2.05, 4.69) is 4.98 Å². The van der Waals surface area contributed by atoms with E-state index < -0.39 is 15.7 Å². The fraction of sp³-hybridized carbons (Fsp3) is 0.565. The number of carbonyl (C=O) groups excluding carboxylic acids is 1. The largest absolute Gasteiger partial charge is 0.383 e. The van der Waals surface area contributed by atoms with Gasteiger partial charge in [-0.1, -0.05) is 39.8 Å². The average molecular weight is 468 g/mol. The minimum absolute atomic E-state index is 0.0314. The van der Waals surface area contributed by atoms with Crippen LogP contribution in [0.25, 0.3) is 0 Å². The number of amides is 1. The van der Waals surface area contributed by atoms with Crippen LogP contribution in [0.15, 0.2) is 35.6 Å². The van der Waals surface area contributed by atoms with E-state index in [-0.39, 0.29) is 41.7 Å². The van der Waals surface area contributed by atoms with E-state index in [9.17, 15) is 17.6 Å². The van der Waals surface area contributed by atoms with Gasteiger partial charge in [-0.2, -0.15) is 0 Å². The average Bonchev–Trinajstić information content (AvgIpc) is 3.10. The van der Waals surface area contributed by atoms with Crippen LogP contribution < -0.4 is 0 Å². The normalized spacial score (nSPS) is 12.0. The second-order valence-electron chi connectivity index (χ2n) is 8.83. The summed E-state index contributed by atoms with van der Waals surface area (Å²) in [5.74, 6) is -0.195. The molecule has 0 saturated carbocycles. The highest BCUT2D eigenvalue weighted by molar-refractivity contribution is 7.90. The number of rotatable bonds is 12. The van der Waals surface area contributed by atoms with Gasteiger partial charge >= 0.3 is 0 Å². The van der Waals surface area contributed by atoms with Crippen LogP contribution in [-0.2, 0) is 38.2 Å². The van der Waals surface area contributed by atoms with Gasteiger partial charge < -0.3 is 14.2 Å². The Balaban J connectivity index is 2.37. The van der Waals surface area contributed by atoms with Gasteiger partial charge in [-0.3, -0.25) is 4.79 Å². The maximum Gasteiger partial charge on any atom is 0.228 e. The van der Waals surface area contributed by atoms with Crippen molar-refractivity contribution >= 4 is 15.7 Å². The third-order valence-electron chi connectivity index (χ3n) is 4.84. The van der Waals surface area contributed by atoms with Gasteiger partial charge in [-0.25, -0.2) is 17.8 Å². The molecule has 0 radical (unpaired) electrons. The van der Waals surface area contributed by atoms with Gasteiger partial charge in [0.2, 0.25) is 20.9 Å². The Hall–Kier alpha value is -2.26. The van der Waals surface area contributed by atoms with Crippen molar-refractivity contribution in [1.82, 2.24) is 14.5 Å². The van der Waals surface area contributed by atoms with E-state index >= 15 is 0 Å². The first-order chi connectivity index (χ1) is 15.0. The number of hydrogen-bond acceptors (Lipinski definition) is 5. The first-order valence-electron chi connectivity index (χ1n) is 10.8. The quantitative estimate of drug-likeness (QED) is 0.476. The maximum atomic E-state index is 13.2. The zero-order chi connectivity index (χ0) is 23.9. The van der Waals surface area contributed by atoms with Crippen molar-refractivity contribution in [2.45, 2.75) is 58.1 Å². The molecule has 178 valence electrons. The molecule has 7 nitrogen and oxygen atoms in total. The van der Waals surface area contributed by atoms with E-state index in [1.54, 1.807) is 16.6 Å². The number of sulfone groups is 1. The first-order valence-corrected chi connectivity index (χ1v) is 12.5. The lowest BCUT2D eigenvalue weighted by molar-refractivity contribution is -0.133. The summed E-state index contributed by atoms with van der Waals surface area (Å²) in [4.78, 5) is 18.8. The zero-order valence-corrected chi connectivity index (χ0v) is 20.4. The fourth-order valence-corrected chi connectivity index (χ4v) is 4.94. The van der Waals surface area contributed by atoms with Crippen LogP contribution in [-0.4, -0.2) is 49.0 Å². The van der Waals surface area contributed by atoms with Gasteiger partial charge in [0.15, 0.2) is 0 Å². The number of aromatic nitrogens is 2. The highest BCUT2D eigenvalue weighted by atomic mass is 32.2. The molecule has 0 aliphatic rings. The van der Waals surface area contributed by atoms with E-state index in [0.717, 1.165) is 0 Å². The van der Waals surface area contributed by atoms with Crippen molar-refractivity contribution in [3.05, 3.63) is 47.5 Å². The number of ether oxygens (including phenoxy) is 1. The molecular formula is C23H34FN3O4S. The van der Waals surface area contributed by atoms with Crippen LogP contribution in [0.3, 0.4) is 0 Å². The molecule has 0 saturated heterocycles. The van der Waals surface area contributed by atoms with Crippen molar-refractivity contribution in [3.63, 3.8) is 0 Å². The number of methoxy groups -OCH3 is 1. The standard InChI is InChI=1S/C23H34FN3O4S/c1-17(2)12-22(28)26(14-18(3)4)15-21-13-25-23(27(21)10-11-31-5)32(29,30)16-19-6-8-20(24)9-7-19/h6-9,13,17-18H,10-12,14-16H2,1-5H3. The number of imidazole rings is 1. The van der Waals surface area contributed by atoms with Crippen LogP contribution in [0.2, 0.25) is 0 Å². The summed E-state index contributed by atoms with van der Waals surface area (Å²) < 4.78 is 46.2. The van der Waals surface area contributed by atoms with Gasteiger partial charge in [0.25, 0.3) is 0 Å². The molecule has 0 fully saturated rings. The topological polar surface area (TPSA) is 81.5 Å². The predicted octanol–water partition coefficient (Wildman–Crippen LogP) is 3.67. The molecule has 0 aliphatic carbocycles. The Morgan fingerprint density at radius 3 is 2.38 bits per heavy atom. The van der Waals surface area contributed by atoms with Gasteiger partial charge in [0, 0.05) is 26.6 Å². The predicted molar refractivity (Wildman–Crippen MR) is 121 cm³/mol. The zero-order valence-electron chi connectivity index (χ0n) is 19.5. The second kappa shape index (κ2) is 11.6. The van der Waals surface area contributed by atoms with Crippen LogP contribution in [0, 0.1) is 17.7 Å². The fourth-order valence-electron chi connectivity index (χ4n) is 3.42. The number of benzene rings is 1. The maximum absolute atomic E-state index is 13.2. The van der Waals surface area contributed by atoms with Gasteiger partial charge in [0.1, 0.15) is 5.82 Å².